The van der Waals surface area contributed by atoms with Crippen molar-refractivity contribution in [3.05, 3.63) is 57.3 Å². The molecular formula is C21H21ClN4O2S. The maximum absolute atomic E-state index is 12.8. The lowest BCUT2D eigenvalue weighted by atomic mass is 10.1. The highest BCUT2D eigenvalue weighted by molar-refractivity contribution is 7.17. The van der Waals surface area contributed by atoms with Crippen molar-refractivity contribution in [3.63, 3.8) is 0 Å². The van der Waals surface area contributed by atoms with Crippen molar-refractivity contribution in [1.29, 1.82) is 0 Å². The molecule has 0 atom stereocenters. The molecule has 0 spiro atoms. The molecule has 0 saturated carbocycles. The number of aromatic amines is 1. The minimum Gasteiger partial charge on any atom is -0.379 e. The Morgan fingerprint density at radius 3 is 2.90 bits per heavy atom. The summed E-state index contributed by atoms with van der Waals surface area (Å²) in [5, 5.41) is 3.76. The normalized spacial score (nSPS) is 14.9. The number of ether oxygens (including phenoxy) is 1. The Bertz CT molecular complexity index is 1230. The van der Waals surface area contributed by atoms with E-state index in [0.717, 1.165) is 59.6 Å². The van der Waals surface area contributed by atoms with Gasteiger partial charge in [0, 0.05) is 35.9 Å². The van der Waals surface area contributed by atoms with Gasteiger partial charge in [0.05, 0.1) is 24.1 Å². The molecule has 1 aliphatic heterocycles. The third-order valence-electron chi connectivity index (χ3n) is 5.15. The summed E-state index contributed by atoms with van der Waals surface area (Å²) in [6.07, 6.45) is 1.82. The second-order valence-electron chi connectivity index (χ2n) is 7.14. The van der Waals surface area contributed by atoms with Crippen LogP contribution in [0.2, 0.25) is 0 Å². The van der Waals surface area contributed by atoms with E-state index < -0.39 is 0 Å². The number of H-pyrrole nitrogens is 1. The largest absolute Gasteiger partial charge is 0.379 e. The first-order valence-electron chi connectivity index (χ1n) is 9.35. The van der Waals surface area contributed by atoms with Crippen LogP contribution in [0.3, 0.4) is 0 Å². The van der Waals surface area contributed by atoms with E-state index in [-0.39, 0.29) is 18.0 Å². The number of hydrogen-bond acceptors (Lipinski definition) is 6. The molecule has 8 heteroatoms. The summed E-state index contributed by atoms with van der Waals surface area (Å²) in [4.78, 5) is 27.3. The lowest BCUT2D eigenvalue weighted by molar-refractivity contribution is 0.0342. The van der Waals surface area contributed by atoms with Crippen LogP contribution >= 0.6 is 23.7 Å². The molecular weight excluding hydrogens is 408 g/mol. The first-order chi connectivity index (χ1) is 13.7. The fourth-order valence-corrected chi connectivity index (χ4v) is 4.50. The van der Waals surface area contributed by atoms with Crippen molar-refractivity contribution in [2.24, 2.45) is 0 Å². The van der Waals surface area contributed by atoms with Gasteiger partial charge < -0.3 is 9.72 Å². The van der Waals surface area contributed by atoms with Crippen LogP contribution in [-0.2, 0) is 11.3 Å². The average Bonchev–Trinajstić information content (AvgIpc) is 3.17. The van der Waals surface area contributed by atoms with Crippen LogP contribution < -0.4 is 5.56 Å². The number of rotatable bonds is 3. The predicted molar refractivity (Wildman–Crippen MR) is 119 cm³/mol. The number of halogens is 1. The van der Waals surface area contributed by atoms with Gasteiger partial charge in [0.25, 0.3) is 5.56 Å². The summed E-state index contributed by atoms with van der Waals surface area (Å²) in [7, 11) is 0. The minimum absolute atomic E-state index is 0. The van der Waals surface area contributed by atoms with Gasteiger partial charge in [-0.3, -0.25) is 14.7 Å². The van der Waals surface area contributed by atoms with Gasteiger partial charge >= 0.3 is 0 Å². The zero-order valence-corrected chi connectivity index (χ0v) is 17.6. The molecule has 150 valence electrons. The fourth-order valence-electron chi connectivity index (χ4n) is 3.71. The van der Waals surface area contributed by atoms with E-state index in [9.17, 15) is 4.79 Å². The number of aryl methyl sites for hydroxylation is 1. The van der Waals surface area contributed by atoms with Gasteiger partial charge in [-0.25, -0.2) is 4.98 Å². The second-order valence-corrected chi connectivity index (χ2v) is 8.09. The van der Waals surface area contributed by atoms with Crippen molar-refractivity contribution in [2.75, 3.05) is 26.3 Å². The average molecular weight is 429 g/mol. The molecule has 29 heavy (non-hydrogen) atoms. The standard InChI is InChI=1S/C21H20N4O2S.ClH/c1-13-8-14(12-25-3-5-27-6-4-25)9-16-19(13)23-20(24-21(16)26)17-10-18-15(11-22-17)2-7-28-18;/h2,7-11H,3-6,12H2,1H3,(H,23,24,26);1H. The molecule has 0 radical (unpaired) electrons. The summed E-state index contributed by atoms with van der Waals surface area (Å²) >= 11 is 1.65. The van der Waals surface area contributed by atoms with Crippen LogP contribution in [0.1, 0.15) is 11.1 Å². The second kappa shape index (κ2) is 8.20. The van der Waals surface area contributed by atoms with Gasteiger partial charge in [-0.1, -0.05) is 6.07 Å². The molecule has 4 aromatic rings. The summed E-state index contributed by atoms with van der Waals surface area (Å²) in [5.74, 6) is 0.511. The molecule has 0 aliphatic carbocycles. The van der Waals surface area contributed by atoms with Crippen LogP contribution in [0.5, 0.6) is 0 Å². The number of benzene rings is 1. The molecule has 1 saturated heterocycles. The van der Waals surface area contributed by atoms with Crippen LogP contribution in [0.4, 0.5) is 0 Å². The van der Waals surface area contributed by atoms with E-state index in [1.54, 1.807) is 11.3 Å². The highest BCUT2D eigenvalue weighted by atomic mass is 35.5. The predicted octanol–water partition coefficient (Wildman–Crippen LogP) is 3.76. The summed E-state index contributed by atoms with van der Waals surface area (Å²) < 4.78 is 6.55. The highest BCUT2D eigenvalue weighted by Crippen LogP contribution is 2.25. The first-order valence-corrected chi connectivity index (χ1v) is 10.2. The van der Waals surface area contributed by atoms with E-state index in [1.807, 2.05) is 36.7 Å². The SMILES string of the molecule is Cc1cc(CN2CCOCC2)cc2c(=O)[nH]c(-c3cc4sccc4cn3)nc12.Cl. The van der Waals surface area contributed by atoms with E-state index in [1.165, 1.54) is 0 Å². The third-order valence-corrected chi connectivity index (χ3v) is 6.03. The Labute approximate surface area is 178 Å². The molecule has 5 rings (SSSR count). The molecule has 6 nitrogen and oxygen atoms in total. The van der Waals surface area contributed by atoms with E-state index in [0.29, 0.717) is 16.9 Å². The Kier molecular flexibility index (Phi) is 5.65. The van der Waals surface area contributed by atoms with E-state index in [2.05, 4.69) is 20.9 Å². The Morgan fingerprint density at radius 1 is 1.24 bits per heavy atom. The maximum Gasteiger partial charge on any atom is 0.259 e. The van der Waals surface area contributed by atoms with E-state index in [4.69, 9.17) is 9.72 Å². The molecule has 1 aromatic carbocycles. The van der Waals surface area contributed by atoms with Gasteiger partial charge in [-0.05, 0) is 41.6 Å². The molecule has 1 aliphatic rings. The van der Waals surface area contributed by atoms with Crippen molar-refractivity contribution < 1.29 is 4.74 Å². The number of hydrogen-bond donors (Lipinski definition) is 1. The number of pyridine rings is 1. The third kappa shape index (κ3) is 3.91. The quantitative estimate of drug-likeness (QED) is 0.538. The van der Waals surface area contributed by atoms with Crippen molar-refractivity contribution >= 4 is 44.7 Å². The van der Waals surface area contributed by atoms with Crippen molar-refractivity contribution in [2.45, 2.75) is 13.5 Å². The number of nitrogens with zero attached hydrogens (tertiary/aromatic N) is 3. The monoisotopic (exact) mass is 428 g/mol. The smallest absolute Gasteiger partial charge is 0.259 e. The van der Waals surface area contributed by atoms with Gasteiger partial charge in [0.2, 0.25) is 0 Å². The lowest BCUT2D eigenvalue weighted by Crippen LogP contribution is -2.35. The number of fused-ring (bicyclic) bond motifs is 2. The van der Waals surface area contributed by atoms with Crippen molar-refractivity contribution in [1.82, 2.24) is 19.9 Å². The fraction of sp³-hybridized carbons (Fsp3) is 0.286. The minimum atomic E-state index is -0.125. The zero-order valence-electron chi connectivity index (χ0n) is 16.0. The van der Waals surface area contributed by atoms with Crippen LogP contribution in [0.25, 0.3) is 32.5 Å². The Hall–Kier alpha value is -2.32. The van der Waals surface area contributed by atoms with Crippen LogP contribution in [0.15, 0.2) is 40.6 Å². The molecule has 1 fully saturated rings. The molecule has 1 N–H and O–H groups in total. The topological polar surface area (TPSA) is 71.1 Å². The molecule has 0 amide bonds. The summed E-state index contributed by atoms with van der Waals surface area (Å²) in [5.41, 5.74) is 3.43. The highest BCUT2D eigenvalue weighted by Gasteiger charge is 2.14. The summed E-state index contributed by atoms with van der Waals surface area (Å²) in [6.45, 7) is 6.19. The number of aromatic nitrogens is 3. The summed E-state index contributed by atoms with van der Waals surface area (Å²) in [6, 6.07) is 8.10. The van der Waals surface area contributed by atoms with Gasteiger partial charge in [-0.2, -0.15) is 0 Å². The van der Waals surface area contributed by atoms with Crippen molar-refractivity contribution in [3.8, 4) is 11.5 Å². The zero-order chi connectivity index (χ0) is 19.1. The first kappa shape index (κ1) is 20.0. The number of morpholine rings is 1. The number of thiophene rings is 1. The van der Waals surface area contributed by atoms with Gasteiger partial charge in [-0.15, -0.1) is 23.7 Å². The number of nitrogens with one attached hydrogen (secondary N) is 1. The Morgan fingerprint density at radius 2 is 2.07 bits per heavy atom. The van der Waals surface area contributed by atoms with Gasteiger partial charge in [0.15, 0.2) is 5.82 Å². The van der Waals surface area contributed by atoms with Gasteiger partial charge in [0.1, 0.15) is 5.69 Å². The maximum atomic E-state index is 12.8. The van der Waals surface area contributed by atoms with Crippen LogP contribution in [-0.4, -0.2) is 46.2 Å². The Balaban J connectivity index is 0.00000205. The lowest BCUT2D eigenvalue weighted by Gasteiger charge is -2.26. The molecule has 0 unspecified atom stereocenters. The molecule has 0 bridgehead atoms. The molecule has 4 heterocycles. The van der Waals surface area contributed by atoms with E-state index >= 15 is 0 Å². The van der Waals surface area contributed by atoms with Crippen LogP contribution in [0, 0.1) is 6.92 Å². The molecule has 3 aromatic heterocycles.